The molecule has 0 fully saturated rings. The maximum absolute atomic E-state index is 11.4. The summed E-state index contributed by atoms with van der Waals surface area (Å²) in [4.78, 5) is 24.8. The van der Waals surface area contributed by atoms with Crippen LogP contribution < -0.4 is 11.2 Å². The Morgan fingerprint density at radius 1 is 1.36 bits per heavy atom. The number of rotatable bonds is 0. The fraction of sp³-hybridized carbons (Fsp3) is 0.111. The molecule has 0 spiro atoms. The molecule has 2 aromatic rings. The van der Waals surface area contributed by atoms with E-state index in [9.17, 15) is 9.59 Å². The van der Waals surface area contributed by atoms with Crippen LogP contribution in [-0.4, -0.2) is 9.55 Å². The second-order valence-corrected chi connectivity index (χ2v) is 3.36. The van der Waals surface area contributed by atoms with Gasteiger partial charge in [-0.25, -0.2) is 4.79 Å². The molecule has 1 aromatic heterocycles. The van der Waals surface area contributed by atoms with Gasteiger partial charge in [0.15, 0.2) is 0 Å². The van der Waals surface area contributed by atoms with Gasteiger partial charge in [0.25, 0.3) is 5.56 Å². The summed E-state index contributed by atoms with van der Waals surface area (Å²) >= 11 is 5.89. The zero-order valence-electron chi connectivity index (χ0n) is 7.37. The van der Waals surface area contributed by atoms with E-state index in [0.717, 1.165) is 0 Å². The molecule has 1 N–H and O–H groups in total. The zero-order chi connectivity index (χ0) is 10.3. The maximum atomic E-state index is 11.4. The third-order valence-electron chi connectivity index (χ3n) is 2.09. The summed E-state index contributed by atoms with van der Waals surface area (Å²) in [7, 11) is 1.56. The number of aromatic nitrogens is 2. The molecule has 0 aliphatic carbocycles. The van der Waals surface area contributed by atoms with E-state index < -0.39 is 11.2 Å². The van der Waals surface area contributed by atoms with E-state index in [1.54, 1.807) is 25.2 Å². The van der Waals surface area contributed by atoms with Gasteiger partial charge in [0.1, 0.15) is 0 Å². The average molecular weight is 211 g/mol. The van der Waals surface area contributed by atoms with E-state index >= 15 is 0 Å². The highest BCUT2D eigenvalue weighted by Gasteiger charge is 2.06. The summed E-state index contributed by atoms with van der Waals surface area (Å²) in [5.41, 5.74) is -0.413. The van der Waals surface area contributed by atoms with Crippen molar-refractivity contribution in [2.45, 2.75) is 0 Å². The summed E-state index contributed by atoms with van der Waals surface area (Å²) in [5, 5.41) is 0.813. The van der Waals surface area contributed by atoms with Crippen molar-refractivity contribution in [1.29, 1.82) is 0 Å². The minimum absolute atomic E-state index is 0.396. The van der Waals surface area contributed by atoms with E-state index in [1.807, 2.05) is 0 Å². The van der Waals surface area contributed by atoms with Crippen molar-refractivity contribution in [3.8, 4) is 0 Å². The van der Waals surface area contributed by atoms with Crippen molar-refractivity contribution < 1.29 is 0 Å². The highest BCUT2D eigenvalue weighted by molar-refractivity contribution is 6.35. The van der Waals surface area contributed by atoms with Crippen molar-refractivity contribution in [3.63, 3.8) is 0 Å². The zero-order valence-corrected chi connectivity index (χ0v) is 8.13. The van der Waals surface area contributed by atoms with Gasteiger partial charge in [-0.3, -0.25) is 14.3 Å². The van der Waals surface area contributed by atoms with Crippen molar-refractivity contribution in [2.24, 2.45) is 7.05 Å². The molecule has 1 heterocycles. The van der Waals surface area contributed by atoms with Crippen LogP contribution in [0, 0.1) is 0 Å². The molecule has 0 unspecified atom stereocenters. The first-order chi connectivity index (χ1) is 6.61. The van der Waals surface area contributed by atoms with E-state index in [-0.39, 0.29) is 0 Å². The fourth-order valence-electron chi connectivity index (χ4n) is 1.39. The second-order valence-electron chi connectivity index (χ2n) is 2.95. The summed E-state index contributed by atoms with van der Waals surface area (Å²) < 4.78 is 1.32. The molecule has 72 valence electrons. The Kier molecular flexibility index (Phi) is 1.93. The largest absolute Gasteiger partial charge is 0.328 e. The fourth-order valence-corrected chi connectivity index (χ4v) is 1.69. The number of fused-ring (bicyclic) bond motifs is 1. The van der Waals surface area contributed by atoms with Gasteiger partial charge in [-0.15, -0.1) is 0 Å². The number of hydrogen-bond donors (Lipinski definition) is 1. The van der Waals surface area contributed by atoms with E-state index in [1.165, 1.54) is 4.57 Å². The molecule has 1 aromatic carbocycles. The predicted molar refractivity (Wildman–Crippen MR) is 54.8 cm³/mol. The lowest BCUT2D eigenvalue weighted by Gasteiger charge is -2.04. The Hall–Kier alpha value is -1.55. The van der Waals surface area contributed by atoms with Crippen LogP contribution in [-0.2, 0) is 7.05 Å². The average Bonchev–Trinajstić information content (AvgIpc) is 2.14. The van der Waals surface area contributed by atoms with Crippen molar-refractivity contribution in [1.82, 2.24) is 9.55 Å². The van der Waals surface area contributed by atoms with Gasteiger partial charge < -0.3 is 0 Å². The van der Waals surface area contributed by atoms with E-state index in [2.05, 4.69) is 4.98 Å². The molecular formula is C9H7ClN2O2. The summed E-state index contributed by atoms with van der Waals surface area (Å²) in [6.45, 7) is 0. The van der Waals surface area contributed by atoms with Gasteiger partial charge in [0.05, 0.1) is 15.9 Å². The van der Waals surface area contributed by atoms with Gasteiger partial charge in [-0.2, -0.15) is 0 Å². The van der Waals surface area contributed by atoms with Crippen LogP contribution in [0.5, 0.6) is 0 Å². The molecule has 0 saturated carbocycles. The Morgan fingerprint density at radius 3 is 2.79 bits per heavy atom. The van der Waals surface area contributed by atoms with Crippen LogP contribution in [0.4, 0.5) is 0 Å². The number of hydrogen-bond acceptors (Lipinski definition) is 2. The molecule has 0 bridgehead atoms. The highest BCUT2D eigenvalue weighted by atomic mass is 35.5. The lowest BCUT2D eigenvalue weighted by atomic mass is 10.2. The lowest BCUT2D eigenvalue weighted by Crippen LogP contribution is -2.28. The van der Waals surface area contributed by atoms with Crippen LogP contribution in [0.25, 0.3) is 10.9 Å². The van der Waals surface area contributed by atoms with Gasteiger partial charge in [0.2, 0.25) is 0 Å². The van der Waals surface area contributed by atoms with Gasteiger partial charge in [-0.05, 0) is 12.1 Å². The van der Waals surface area contributed by atoms with Gasteiger partial charge >= 0.3 is 5.69 Å². The van der Waals surface area contributed by atoms with Crippen LogP contribution in [0.3, 0.4) is 0 Å². The number of nitrogens with one attached hydrogen (secondary N) is 1. The number of nitrogens with zero attached hydrogens (tertiary/aromatic N) is 1. The molecule has 14 heavy (non-hydrogen) atoms. The molecule has 0 aliphatic heterocycles. The number of para-hydroxylation sites is 1. The monoisotopic (exact) mass is 210 g/mol. The maximum Gasteiger partial charge on any atom is 0.328 e. The van der Waals surface area contributed by atoms with E-state index in [0.29, 0.717) is 15.9 Å². The minimum Gasteiger partial charge on any atom is -0.295 e. The molecular weight excluding hydrogens is 204 g/mol. The molecule has 0 aliphatic rings. The van der Waals surface area contributed by atoms with Crippen LogP contribution >= 0.6 is 11.6 Å². The number of aromatic amines is 1. The third-order valence-corrected chi connectivity index (χ3v) is 2.40. The lowest BCUT2D eigenvalue weighted by molar-refractivity contribution is 0.843. The minimum atomic E-state index is -0.462. The molecule has 2 rings (SSSR count). The quantitative estimate of drug-likeness (QED) is 0.702. The first kappa shape index (κ1) is 9.02. The predicted octanol–water partition coefficient (Wildman–Crippen LogP) is 0.880. The summed E-state index contributed by atoms with van der Waals surface area (Å²) in [6, 6.07) is 4.94. The molecule has 0 amide bonds. The first-order valence-corrected chi connectivity index (χ1v) is 4.36. The summed E-state index contributed by atoms with van der Waals surface area (Å²) in [6.07, 6.45) is 0. The molecule has 0 saturated heterocycles. The Labute approximate surface area is 83.8 Å². The second kappa shape index (κ2) is 2.99. The Morgan fingerprint density at radius 2 is 2.07 bits per heavy atom. The topological polar surface area (TPSA) is 54.9 Å². The number of H-pyrrole nitrogens is 1. The third kappa shape index (κ3) is 1.15. The standard InChI is InChI=1S/C9H7ClN2O2/c1-12-7-5(3-2-4-6(7)10)8(13)11-9(12)14/h2-4H,1H3,(H,11,13,14). The molecule has 0 atom stereocenters. The van der Waals surface area contributed by atoms with Crippen LogP contribution in [0.1, 0.15) is 0 Å². The highest BCUT2D eigenvalue weighted by Crippen LogP contribution is 2.18. The molecule has 4 nitrogen and oxygen atoms in total. The molecule has 5 heteroatoms. The van der Waals surface area contributed by atoms with Crippen molar-refractivity contribution in [3.05, 3.63) is 44.1 Å². The smallest absolute Gasteiger partial charge is 0.295 e. The normalized spacial score (nSPS) is 10.7. The molecule has 0 radical (unpaired) electrons. The SMILES string of the molecule is Cn1c(=O)[nH]c(=O)c2cccc(Cl)c21. The van der Waals surface area contributed by atoms with E-state index in [4.69, 9.17) is 11.6 Å². The Bertz CT molecular complexity index is 612. The summed E-state index contributed by atoms with van der Waals surface area (Å²) in [5.74, 6) is 0. The van der Waals surface area contributed by atoms with Crippen LogP contribution in [0.2, 0.25) is 5.02 Å². The van der Waals surface area contributed by atoms with Crippen molar-refractivity contribution in [2.75, 3.05) is 0 Å². The first-order valence-electron chi connectivity index (χ1n) is 3.99. The van der Waals surface area contributed by atoms with Crippen molar-refractivity contribution >= 4 is 22.5 Å². The number of halogens is 1. The Balaban J connectivity index is 3.19. The number of aryl methyl sites for hydroxylation is 1. The van der Waals surface area contributed by atoms with Crippen LogP contribution in [0.15, 0.2) is 27.8 Å². The number of benzene rings is 1. The van der Waals surface area contributed by atoms with Gasteiger partial charge in [-0.1, -0.05) is 17.7 Å². The van der Waals surface area contributed by atoms with Gasteiger partial charge in [0, 0.05) is 7.05 Å².